The number of carbonyl (C=O) groups excluding carboxylic acids is 1. The topological polar surface area (TPSA) is 46.3 Å². The number of amides is 1. The van der Waals surface area contributed by atoms with E-state index in [0.29, 0.717) is 6.42 Å². The van der Waals surface area contributed by atoms with Crippen LogP contribution in [0.3, 0.4) is 0 Å². The molecule has 0 bridgehead atoms. The molecule has 0 aromatic rings. The molecule has 0 saturated heterocycles. The van der Waals surface area contributed by atoms with E-state index in [0.717, 1.165) is 6.42 Å². The minimum atomic E-state index is -0.211. The third-order valence-corrected chi connectivity index (χ3v) is 1.84. The van der Waals surface area contributed by atoms with Crippen LogP contribution in [0.5, 0.6) is 0 Å². The van der Waals surface area contributed by atoms with Crippen LogP contribution in [0.25, 0.3) is 0 Å². The first-order valence-corrected chi connectivity index (χ1v) is 5.12. The number of hydrogen-bond acceptors (Lipinski definition) is 2. The van der Waals surface area contributed by atoms with Crippen molar-refractivity contribution in [2.24, 2.45) is 5.73 Å². The second-order valence-electron chi connectivity index (χ2n) is 2.84. The lowest BCUT2D eigenvalue weighted by molar-refractivity contribution is -0.118. The molecule has 1 amide bonds. The van der Waals surface area contributed by atoms with E-state index in [9.17, 15) is 4.79 Å². The Morgan fingerprint density at radius 1 is 1.08 bits per heavy atom. The maximum absolute atomic E-state index is 9.82. The van der Waals surface area contributed by atoms with Crippen molar-refractivity contribution in [2.45, 2.75) is 40.5 Å². The van der Waals surface area contributed by atoms with Crippen molar-refractivity contribution in [1.82, 2.24) is 4.90 Å². The molecular weight excluding hydrogens is 164 g/mol. The largest absolute Gasteiger partial charge is 0.370 e. The molecule has 0 saturated carbocycles. The average Bonchev–Trinajstić information content (AvgIpc) is 2.08. The fourth-order valence-corrected chi connectivity index (χ4v) is 0.917. The van der Waals surface area contributed by atoms with Gasteiger partial charge < -0.3 is 10.6 Å². The molecule has 0 rings (SSSR count). The Morgan fingerprint density at radius 3 is 1.46 bits per heavy atom. The van der Waals surface area contributed by atoms with Gasteiger partial charge in [0.25, 0.3) is 0 Å². The van der Waals surface area contributed by atoms with Gasteiger partial charge in [-0.2, -0.15) is 0 Å². The van der Waals surface area contributed by atoms with E-state index < -0.39 is 0 Å². The van der Waals surface area contributed by atoms with Crippen molar-refractivity contribution < 1.29 is 4.79 Å². The second-order valence-corrected chi connectivity index (χ2v) is 2.84. The van der Waals surface area contributed by atoms with Crippen molar-refractivity contribution in [1.29, 1.82) is 0 Å². The molecule has 0 unspecified atom stereocenters. The third kappa shape index (κ3) is 14.3. The van der Waals surface area contributed by atoms with Gasteiger partial charge in [-0.25, -0.2) is 0 Å². The molecule has 0 fully saturated rings. The molecule has 0 aromatic heterocycles. The van der Waals surface area contributed by atoms with Crippen LogP contribution in [0.2, 0.25) is 0 Å². The monoisotopic (exact) mass is 188 g/mol. The summed E-state index contributed by atoms with van der Waals surface area (Å²) in [4.78, 5) is 12.2. The SMILES string of the molecule is CCCC(N)=O.CCN(CC)CC. The van der Waals surface area contributed by atoms with Gasteiger partial charge in [0.05, 0.1) is 0 Å². The number of rotatable bonds is 5. The van der Waals surface area contributed by atoms with E-state index in [1.54, 1.807) is 0 Å². The summed E-state index contributed by atoms with van der Waals surface area (Å²) in [5.41, 5.74) is 4.76. The zero-order chi connectivity index (χ0) is 10.7. The van der Waals surface area contributed by atoms with Crippen molar-refractivity contribution in [3.8, 4) is 0 Å². The van der Waals surface area contributed by atoms with E-state index in [4.69, 9.17) is 5.73 Å². The van der Waals surface area contributed by atoms with Gasteiger partial charge in [0.1, 0.15) is 0 Å². The Kier molecular flexibility index (Phi) is 13.1. The van der Waals surface area contributed by atoms with Gasteiger partial charge >= 0.3 is 0 Å². The van der Waals surface area contributed by atoms with Gasteiger partial charge in [0.15, 0.2) is 0 Å². The Balaban J connectivity index is 0. The maximum atomic E-state index is 9.82. The van der Waals surface area contributed by atoms with Crippen molar-refractivity contribution >= 4 is 5.91 Å². The molecule has 0 aliphatic rings. The fourth-order valence-electron chi connectivity index (χ4n) is 0.917. The van der Waals surface area contributed by atoms with Gasteiger partial charge in [-0.05, 0) is 26.1 Å². The lowest BCUT2D eigenvalue weighted by Crippen LogP contribution is -2.21. The number of primary amides is 1. The highest BCUT2D eigenvalue weighted by atomic mass is 16.1. The Morgan fingerprint density at radius 2 is 1.46 bits per heavy atom. The molecule has 0 atom stereocenters. The number of nitrogens with zero attached hydrogens (tertiary/aromatic N) is 1. The zero-order valence-electron chi connectivity index (χ0n) is 9.47. The van der Waals surface area contributed by atoms with E-state index >= 15 is 0 Å². The average molecular weight is 188 g/mol. The molecule has 0 aliphatic heterocycles. The fraction of sp³-hybridized carbons (Fsp3) is 0.900. The molecule has 13 heavy (non-hydrogen) atoms. The lowest BCUT2D eigenvalue weighted by atomic mass is 10.3. The first-order chi connectivity index (χ1) is 6.12. The molecule has 0 heterocycles. The van der Waals surface area contributed by atoms with Crippen LogP contribution < -0.4 is 5.73 Å². The van der Waals surface area contributed by atoms with Gasteiger partial charge in [0.2, 0.25) is 5.91 Å². The predicted molar refractivity (Wildman–Crippen MR) is 57.6 cm³/mol. The molecule has 80 valence electrons. The molecule has 0 radical (unpaired) electrons. The minimum Gasteiger partial charge on any atom is -0.370 e. The number of carbonyl (C=O) groups is 1. The van der Waals surface area contributed by atoms with Crippen LogP contribution in [-0.4, -0.2) is 30.4 Å². The number of nitrogens with two attached hydrogens (primary N) is 1. The molecule has 0 aromatic carbocycles. The summed E-state index contributed by atoms with van der Waals surface area (Å²) in [6.45, 7) is 12.0. The summed E-state index contributed by atoms with van der Waals surface area (Å²) in [7, 11) is 0. The van der Waals surface area contributed by atoms with Crippen LogP contribution in [0.1, 0.15) is 40.5 Å². The van der Waals surface area contributed by atoms with E-state index in [1.165, 1.54) is 19.6 Å². The van der Waals surface area contributed by atoms with E-state index in [2.05, 4.69) is 25.7 Å². The number of hydrogen-bond donors (Lipinski definition) is 1. The minimum absolute atomic E-state index is 0.211. The summed E-state index contributed by atoms with van der Waals surface area (Å²) in [5, 5.41) is 0. The predicted octanol–water partition coefficient (Wildman–Crippen LogP) is 1.62. The standard InChI is InChI=1S/C6H15N.C4H9NO/c1-4-7(5-2)6-3;1-2-3-4(5)6/h4-6H2,1-3H3;2-3H2,1H3,(H2,5,6). The van der Waals surface area contributed by atoms with Gasteiger partial charge in [-0.1, -0.05) is 27.7 Å². The summed E-state index contributed by atoms with van der Waals surface area (Å²) in [6.07, 6.45) is 1.37. The van der Waals surface area contributed by atoms with Gasteiger partial charge in [-0.15, -0.1) is 0 Å². The zero-order valence-corrected chi connectivity index (χ0v) is 9.47. The normalized spacial score (nSPS) is 9.31. The smallest absolute Gasteiger partial charge is 0.217 e. The van der Waals surface area contributed by atoms with Crippen LogP contribution in [0.4, 0.5) is 0 Å². The summed E-state index contributed by atoms with van der Waals surface area (Å²) in [5.74, 6) is -0.211. The summed E-state index contributed by atoms with van der Waals surface area (Å²) in [6, 6.07) is 0. The first-order valence-electron chi connectivity index (χ1n) is 5.12. The molecule has 0 aliphatic carbocycles. The summed E-state index contributed by atoms with van der Waals surface area (Å²) >= 11 is 0. The second kappa shape index (κ2) is 11.4. The molecule has 2 N–H and O–H groups in total. The lowest BCUT2D eigenvalue weighted by Gasteiger charge is -2.13. The Hall–Kier alpha value is -0.570. The van der Waals surface area contributed by atoms with Crippen molar-refractivity contribution in [2.75, 3.05) is 19.6 Å². The first kappa shape index (κ1) is 14.9. The summed E-state index contributed by atoms with van der Waals surface area (Å²) < 4.78 is 0. The Bertz CT molecular complexity index is 106. The van der Waals surface area contributed by atoms with E-state index in [1.807, 2.05) is 6.92 Å². The quantitative estimate of drug-likeness (QED) is 0.712. The van der Waals surface area contributed by atoms with Gasteiger partial charge in [0, 0.05) is 6.42 Å². The highest BCUT2D eigenvalue weighted by molar-refractivity contribution is 5.73. The van der Waals surface area contributed by atoms with Crippen LogP contribution in [-0.2, 0) is 4.79 Å². The molecule has 3 nitrogen and oxygen atoms in total. The molecule has 3 heteroatoms. The molecular formula is C10H24N2O. The highest BCUT2D eigenvalue weighted by Crippen LogP contribution is 1.81. The maximum Gasteiger partial charge on any atom is 0.217 e. The molecule has 0 spiro atoms. The van der Waals surface area contributed by atoms with E-state index in [-0.39, 0.29) is 5.91 Å². The third-order valence-electron chi connectivity index (χ3n) is 1.84. The van der Waals surface area contributed by atoms with Crippen molar-refractivity contribution in [3.05, 3.63) is 0 Å². The van der Waals surface area contributed by atoms with Crippen molar-refractivity contribution in [3.63, 3.8) is 0 Å². The van der Waals surface area contributed by atoms with Crippen LogP contribution >= 0.6 is 0 Å². The van der Waals surface area contributed by atoms with Gasteiger partial charge in [-0.3, -0.25) is 4.79 Å². The van der Waals surface area contributed by atoms with Crippen LogP contribution in [0.15, 0.2) is 0 Å². The highest BCUT2D eigenvalue weighted by Gasteiger charge is 1.89. The van der Waals surface area contributed by atoms with Crippen LogP contribution in [0, 0.1) is 0 Å². The Labute approximate surface area is 82.3 Å².